The molecule has 4 fully saturated rings. The highest BCUT2D eigenvalue weighted by Crippen LogP contribution is 2.55. The molecule has 3 heteroatoms. The smallest absolute Gasteiger partial charge is 0.159 e. The Morgan fingerprint density at radius 2 is 1.55 bits per heavy atom. The summed E-state index contributed by atoms with van der Waals surface area (Å²) < 4.78 is 26.2. The van der Waals surface area contributed by atoms with Gasteiger partial charge >= 0.3 is 0 Å². The van der Waals surface area contributed by atoms with Crippen LogP contribution in [0.5, 0.6) is 0 Å². The number of hydrogen-bond acceptors (Lipinski definition) is 1. The van der Waals surface area contributed by atoms with Crippen molar-refractivity contribution in [3.63, 3.8) is 0 Å². The minimum Gasteiger partial charge on any atom is -0.307 e. The van der Waals surface area contributed by atoms with E-state index in [4.69, 9.17) is 0 Å². The second kappa shape index (κ2) is 4.52. The molecule has 0 atom stereocenters. The Morgan fingerprint density at radius 3 is 2.10 bits per heavy atom. The van der Waals surface area contributed by atoms with Gasteiger partial charge in [0.1, 0.15) is 0 Å². The lowest BCUT2D eigenvalue weighted by Crippen LogP contribution is -2.58. The van der Waals surface area contributed by atoms with Gasteiger partial charge in [0, 0.05) is 12.1 Å². The summed E-state index contributed by atoms with van der Waals surface area (Å²) >= 11 is 0. The summed E-state index contributed by atoms with van der Waals surface area (Å²) in [6, 6.07) is 4.24. The number of halogens is 2. The molecule has 1 nitrogen and oxygen atoms in total. The van der Waals surface area contributed by atoms with E-state index >= 15 is 0 Å². The van der Waals surface area contributed by atoms with Crippen LogP contribution in [-0.2, 0) is 6.54 Å². The van der Waals surface area contributed by atoms with Gasteiger partial charge in [0.05, 0.1) is 0 Å². The molecule has 0 unspecified atom stereocenters. The molecule has 1 aromatic carbocycles. The molecule has 4 aliphatic carbocycles. The van der Waals surface area contributed by atoms with Crippen molar-refractivity contribution in [2.24, 2.45) is 17.8 Å². The lowest BCUT2D eigenvalue weighted by Gasteiger charge is -2.57. The monoisotopic (exact) mass is 277 g/mol. The van der Waals surface area contributed by atoms with E-state index in [1.165, 1.54) is 50.7 Å². The van der Waals surface area contributed by atoms with Crippen LogP contribution in [0.15, 0.2) is 18.2 Å². The van der Waals surface area contributed by atoms with Crippen LogP contribution < -0.4 is 5.32 Å². The molecule has 20 heavy (non-hydrogen) atoms. The summed E-state index contributed by atoms with van der Waals surface area (Å²) in [6.45, 7) is 0.656. The topological polar surface area (TPSA) is 12.0 Å². The van der Waals surface area contributed by atoms with E-state index in [1.807, 2.05) is 0 Å². The number of hydrogen-bond donors (Lipinski definition) is 1. The maximum atomic E-state index is 13.3. The first kappa shape index (κ1) is 12.8. The molecular formula is C17H21F2N. The molecule has 0 aliphatic heterocycles. The minimum atomic E-state index is -0.761. The SMILES string of the molecule is Fc1ccc(CNC23CC4CC(CC(C4)C2)C3)cc1F. The second-order valence-electron chi connectivity index (χ2n) is 7.30. The molecular weight excluding hydrogens is 256 g/mol. The van der Waals surface area contributed by atoms with Crippen LogP contribution in [-0.4, -0.2) is 5.54 Å². The van der Waals surface area contributed by atoms with Gasteiger partial charge in [-0.25, -0.2) is 8.78 Å². The highest BCUT2D eigenvalue weighted by molar-refractivity contribution is 5.18. The largest absolute Gasteiger partial charge is 0.307 e. The van der Waals surface area contributed by atoms with Crippen molar-refractivity contribution >= 4 is 0 Å². The second-order valence-corrected chi connectivity index (χ2v) is 7.30. The third-order valence-corrected chi connectivity index (χ3v) is 5.69. The molecule has 0 spiro atoms. The Labute approximate surface area is 118 Å². The summed E-state index contributed by atoms with van der Waals surface area (Å²) in [6.07, 6.45) is 8.11. The first-order valence-corrected chi connectivity index (χ1v) is 7.81. The average Bonchev–Trinajstić information content (AvgIpc) is 2.39. The molecule has 4 saturated carbocycles. The first-order valence-electron chi connectivity index (χ1n) is 7.81. The summed E-state index contributed by atoms with van der Waals surface area (Å²) in [5.41, 5.74) is 1.12. The number of benzene rings is 1. The summed E-state index contributed by atoms with van der Waals surface area (Å²) in [5.74, 6) is 1.20. The van der Waals surface area contributed by atoms with Crippen LogP contribution >= 0.6 is 0 Å². The predicted octanol–water partition coefficient (Wildman–Crippen LogP) is 4.02. The van der Waals surface area contributed by atoms with Gasteiger partial charge in [-0.05, 0) is 74.0 Å². The third kappa shape index (κ3) is 2.16. The molecule has 0 heterocycles. The maximum Gasteiger partial charge on any atom is 0.159 e. The Balaban J connectivity index is 1.47. The fourth-order valence-corrected chi connectivity index (χ4v) is 5.27. The van der Waals surface area contributed by atoms with E-state index in [0.717, 1.165) is 23.3 Å². The van der Waals surface area contributed by atoms with Crippen LogP contribution in [0.2, 0.25) is 0 Å². The van der Waals surface area contributed by atoms with E-state index in [0.29, 0.717) is 6.54 Å². The quantitative estimate of drug-likeness (QED) is 0.879. The molecule has 108 valence electrons. The summed E-state index contributed by atoms with van der Waals surface area (Å²) in [7, 11) is 0. The zero-order valence-electron chi connectivity index (χ0n) is 11.7. The minimum absolute atomic E-state index is 0.277. The van der Waals surface area contributed by atoms with E-state index < -0.39 is 11.6 Å². The molecule has 0 saturated heterocycles. The normalized spacial score (nSPS) is 38.4. The van der Waals surface area contributed by atoms with Crippen LogP contribution in [0, 0.1) is 29.4 Å². The molecule has 5 rings (SSSR count). The molecule has 0 amide bonds. The van der Waals surface area contributed by atoms with E-state index in [-0.39, 0.29) is 5.54 Å². The van der Waals surface area contributed by atoms with Gasteiger partial charge in [0.2, 0.25) is 0 Å². The average molecular weight is 277 g/mol. The van der Waals surface area contributed by atoms with Crippen LogP contribution in [0.4, 0.5) is 8.78 Å². The van der Waals surface area contributed by atoms with Gasteiger partial charge in [-0.1, -0.05) is 6.07 Å². The molecule has 1 N–H and O–H groups in total. The Bertz CT molecular complexity index is 490. The number of nitrogens with one attached hydrogen (secondary N) is 1. The van der Waals surface area contributed by atoms with E-state index in [1.54, 1.807) is 6.07 Å². The molecule has 1 aromatic rings. The fourth-order valence-electron chi connectivity index (χ4n) is 5.27. The number of rotatable bonds is 3. The van der Waals surface area contributed by atoms with Crippen molar-refractivity contribution in [2.45, 2.75) is 50.6 Å². The highest BCUT2D eigenvalue weighted by atomic mass is 19.2. The summed E-state index contributed by atoms with van der Waals surface area (Å²) in [5, 5.41) is 3.70. The van der Waals surface area contributed by atoms with Crippen molar-refractivity contribution in [3.05, 3.63) is 35.4 Å². The van der Waals surface area contributed by atoms with Crippen molar-refractivity contribution in [1.82, 2.24) is 5.32 Å². The third-order valence-electron chi connectivity index (χ3n) is 5.69. The van der Waals surface area contributed by atoms with Gasteiger partial charge in [-0.15, -0.1) is 0 Å². The predicted molar refractivity (Wildman–Crippen MR) is 74.1 cm³/mol. The van der Waals surface area contributed by atoms with Crippen LogP contribution in [0.25, 0.3) is 0 Å². The Hall–Kier alpha value is -0.960. The van der Waals surface area contributed by atoms with Crippen LogP contribution in [0.3, 0.4) is 0 Å². The van der Waals surface area contributed by atoms with Gasteiger partial charge in [-0.3, -0.25) is 0 Å². The molecule has 4 bridgehead atoms. The lowest BCUT2D eigenvalue weighted by molar-refractivity contribution is -0.0206. The molecule has 4 aliphatic rings. The zero-order chi connectivity index (χ0) is 13.7. The molecule has 0 radical (unpaired) electrons. The van der Waals surface area contributed by atoms with E-state index in [9.17, 15) is 8.78 Å². The van der Waals surface area contributed by atoms with E-state index in [2.05, 4.69) is 5.32 Å². The first-order chi connectivity index (χ1) is 9.62. The fraction of sp³-hybridized carbons (Fsp3) is 0.647. The van der Waals surface area contributed by atoms with Gasteiger partial charge < -0.3 is 5.32 Å². The summed E-state index contributed by atoms with van der Waals surface area (Å²) in [4.78, 5) is 0. The lowest BCUT2D eigenvalue weighted by atomic mass is 9.53. The van der Waals surface area contributed by atoms with Crippen molar-refractivity contribution in [1.29, 1.82) is 0 Å². The molecule has 0 aromatic heterocycles. The Kier molecular flexibility index (Phi) is 2.88. The van der Waals surface area contributed by atoms with Crippen LogP contribution in [0.1, 0.15) is 44.1 Å². The zero-order valence-corrected chi connectivity index (χ0v) is 11.7. The maximum absolute atomic E-state index is 13.3. The van der Waals surface area contributed by atoms with Crippen molar-refractivity contribution < 1.29 is 8.78 Å². The Morgan fingerprint density at radius 1 is 0.950 bits per heavy atom. The van der Waals surface area contributed by atoms with Gasteiger partial charge in [-0.2, -0.15) is 0 Å². The van der Waals surface area contributed by atoms with Crippen molar-refractivity contribution in [3.8, 4) is 0 Å². The van der Waals surface area contributed by atoms with Gasteiger partial charge in [0.15, 0.2) is 11.6 Å². The standard InChI is InChI=1S/C17H21F2N/c18-15-2-1-11(6-16(15)19)10-20-17-7-12-3-13(8-17)5-14(4-12)9-17/h1-2,6,12-14,20H,3-5,7-10H2. The van der Waals surface area contributed by atoms with Gasteiger partial charge in [0.25, 0.3) is 0 Å². The van der Waals surface area contributed by atoms with Crippen molar-refractivity contribution in [2.75, 3.05) is 0 Å². The highest BCUT2D eigenvalue weighted by Gasteiger charge is 2.50.